The van der Waals surface area contributed by atoms with Crippen molar-refractivity contribution in [2.75, 3.05) is 13.7 Å². The predicted molar refractivity (Wildman–Crippen MR) is 93.7 cm³/mol. The van der Waals surface area contributed by atoms with Crippen molar-refractivity contribution in [1.82, 2.24) is 0 Å². The summed E-state index contributed by atoms with van der Waals surface area (Å²) < 4.78 is 11.8. The molecule has 0 saturated heterocycles. The predicted octanol–water partition coefficient (Wildman–Crippen LogP) is 4.06. The second-order valence-corrected chi connectivity index (χ2v) is 5.28. The van der Waals surface area contributed by atoms with E-state index in [1.165, 1.54) is 0 Å². The summed E-state index contributed by atoms with van der Waals surface area (Å²) in [5.74, 6) is 3.75. The van der Waals surface area contributed by atoms with E-state index in [-0.39, 0.29) is 6.61 Å². The molecule has 3 nitrogen and oxygen atoms in total. The highest BCUT2D eigenvalue weighted by Crippen LogP contribution is 2.33. The van der Waals surface area contributed by atoms with Gasteiger partial charge in [0.15, 0.2) is 11.5 Å². The first-order valence-electron chi connectivity index (χ1n) is 6.27. The second kappa shape index (κ2) is 7.70. The number of nitrogens with zero attached hydrogens (tertiary/aromatic N) is 1. The van der Waals surface area contributed by atoms with Crippen LogP contribution in [0.3, 0.4) is 0 Å². The molecule has 106 valence electrons. The maximum atomic E-state index is 5.51. The fraction of sp³-hybridized carbons (Fsp3) is 0.118. The molecule has 0 bridgehead atoms. The standard InChI is InChI=1S/C17H14INO2/c1-3-9-21-17-15(18)10-13(11-16(17)20-2)12-19-14-7-5-4-6-8-14/h1,4-8,10-12H,9H2,2H3. The Kier molecular flexibility index (Phi) is 5.64. The lowest BCUT2D eigenvalue weighted by molar-refractivity contribution is 0.328. The first-order chi connectivity index (χ1) is 10.2. The van der Waals surface area contributed by atoms with Crippen molar-refractivity contribution >= 4 is 34.5 Å². The van der Waals surface area contributed by atoms with Crippen molar-refractivity contribution in [3.63, 3.8) is 0 Å². The molecule has 21 heavy (non-hydrogen) atoms. The summed E-state index contributed by atoms with van der Waals surface area (Å²) in [7, 11) is 1.60. The Labute approximate surface area is 138 Å². The van der Waals surface area contributed by atoms with Crippen LogP contribution in [-0.4, -0.2) is 19.9 Å². The minimum atomic E-state index is 0.212. The molecule has 0 spiro atoms. The third kappa shape index (κ3) is 4.23. The van der Waals surface area contributed by atoms with Crippen molar-refractivity contribution < 1.29 is 9.47 Å². The van der Waals surface area contributed by atoms with Crippen LogP contribution in [0.15, 0.2) is 47.5 Å². The summed E-state index contributed by atoms with van der Waals surface area (Å²) in [4.78, 5) is 4.43. The number of rotatable bonds is 5. The Morgan fingerprint density at radius 2 is 2.05 bits per heavy atom. The molecular weight excluding hydrogens is 377 g/mol. The number of aliphatic imine (C=N–C) groups is 1. The molecule has 0 aliphatic rings. The molecule has 0 heterocycles. The fourth-order valence-corrected chi connectivity index (χ4v) is 2.51. The Morgan fingerprint density at radius 1 is 1.29 bits per heavy atom. The molecule has 0 fully saturated rings. The maximum Gasteiger partial charge on any atom is 0.175 e. The minimum Gasteiger partial charge on any atom is -0.493 e. The fourth-order valence-electron chi connectivity index (χ4n) is 1.73. The van der Waals surface area contributed by atoms with Crippen molar-refractivity contribution in [3.8, 4) is 23.8 Å². The third-order valence-corrected chi connectivity index (χ3v) is 3.47. The lowest BCUT2D eigenvalue weighted by Gasteiger charge is -2.11. The van der Waals surface area contributed by atoms with Crippen molar-refractivity contribution in [1.29, 1.82) is 0 Å². The SMILES string of the molecule is C#CCOc1c(I)cc(C=Nc2ccccc2)cc1OC. The van der Waals surface area contributed by atoms with Crippen LogP contribution in [-0.2, 0) is 0 Å². The van der Waals surface area contributed by atoms with Crippen LogP contribution in [0.4, 0.5) is 5.69 Å². The lowest BCUT2D eigenvalue weighted by atomic mass is 10.2. The highest BCUT2D eigenvalue weighted by Gasteiger charge is 2.10. The van der Waals surface area contributed by atoms with Gasteiger partial charge in [-0.2, -0.15) is 0 Å². The van der Waals surface area contributed by atoms with Crippen LogP contribution in [0.25, 0.3) is 0 Å². The molecule has 4 heteroatoms. The highest BCUT2D eigenvalue weighted by molar-refractivity contribution is 14.1. The molecule has 0 aromatic heterocycles. The van der Waals surface area contributed by atoms with Crippen LogP contribution < -0.4 is 9.47 Å². The average molecular weight is 391 g/mol. The number of methoxy groups -OCH3 is 1. The molecule has 0 aliphatic carbocycles. The number of halogens is 1. The number of benzene rings is 2. The zero-order valence-corrected chi connectivity index (χ0v) is 13.7. The summed E-state index contributed by atoms with van der Waals surface area (Å²) in [6, 6.07) is 13.6. The van der Waals surface area contributed by atoms with Gasteiger partial charge in [0.25, 0.3) is 0 Å². The van der Waals surface area contributed by atoms with E-state index in [2.05, 4.69) is 33.5 Å². The van der Waals surface area contributed by atoms with Gasteiger partial charge in [0.05, 0.1) is 16.4 Å². The maximum absolute atomic E-state index is 5.51. The van der Waals surface area contributed by atoms with Crippen molar-refractivity contribution in [2.24, 2.45) is 4.99 Å². The molecule has 0 amide bonds. The highest BCUT2D eigenvalue weighted by atomic mass is 127. The van der Waals surface area contributed by atoms with Gasteiger partial charge < -0.3 is 9.47 Å². The van der Waals surface area contributed by atoms with Gasteiger partial charge in [0.2, 0.25) is 0 Å². The van der Waals surface area contributed by atoms with Gasteiger partial charge in [0.1, 0.15) is 6.61 Å². The van der Waals surface area contributed by atoms with E-state index in [4.69, 9.17) is 15.9 Å². The minimum absolute atomic E-state index is 0.212. The van der Waals surface area contributed by atoms with Crippen molar-refractivity contribution in [3.05, 3.63) is 51.6 Å². The van der Waals surface area contributed by atoms with Gasteiger partial charge in [-0.3, -0.25) is 4.99 Å². The largest absolute Gasteiger partial charge is 0.493 e. The van der Waals surface area contributed by atoms with E-state index in [0.29, 0.717) is 11.5 Å². The van der Waals surface area contributed by atoms with Crippen LogP contribution >= 0.6 is 22.6 Å². The Balaban J connectivity index is 2.28. The van der Waals surface area contributed by atoms with Crippen LogP contribution in [0.5, 0.6) is 11.5 Å². The van der Waals surface area contributed by atoms with Crippen LogP contribution in [0.2, 0.25) is 0 Å². The number of ether oxygens (including phenoxy) is 2. The summed E-state index contributed by atoms with van der Waals surface area (Å²) in [6.45, 7) is 0.212. The first kappa shape index (κ1) is 15.4. The Bertz CT molecular complexity index is 675. The average Bonchev–Trinajstić information content (AvgIpc) is 2.52. The number of hydrogen-bond acceptors (Lipinski definition) is 3. The number of terminal acetylenes is 1. The third-order valence-electron chi connectivity index (χ3n) is 2.67. The molecule has 0 aliphatic heterocycles. The molecule has 0 atom stereocenters. The van der Waals surface area contributed by atoms with Gasteiger partial charge in [-0.25, -0.2) is 0 Å². The molecule has 0 unspecified atom stereocenters. The second-order valence-electron chi connectivity index (χ2n) is 4.12. The van der Waals surface area contributed by atoms with Gasteiger partial charge in [-0.1, -0.05) is 24.1 Å². The van der Waals surface area contributed by atoms with Gasteiger partial charge in [-0.15, -0.1) is 6.42 Å². The molecule has 0 radical (unpaired) electrons. The van der Waals surface area contributed by atoms with Gasteiger partial charge in [-0.05, 0) is 52.4 Å². The first-order valence-corrected chi connectivity index (χ1v) is 7.35. The van der Waals surface area contributed by atoms with E-state index < -0.39 is 0 Å². The van der Waals surface area contributed by atoms with Crippen LogP contribution in [0.1, 0.15) is 5.56 Å². The summed E-state index contributed by atoms with van der Waals surface area (Å²) in [5.41, 5.74) is 1.84. The molecule has 0 saturated carbocycles. The summed E-state index contributed by atoms with van der Waals surface area (Å²) in [6.07, 6.45) is 7.02. The van der Waals surface area contributed by atoms with Gasteiger partial charge in [0, 0.05) is 6.21 Å². The Hall–Kier alpha value is -2.00. The van der Waals surface area contributed by atoms with E-state index in [1.54, 1.807) is 13.3 Å². The molecular formula is C17H14INO2. The Morgan fingerprint density at radius 3 is 2.71 bits per heavy atom. The molecule has 2 aromatic carbocycles. The number of para-hydroxylation sites is 1. The van der Waals surface area contributed by atoms with E-state index in [9.17, 15) is 0 Å². The van der Waals surface area contributed by atoms with E-state index in [1.807, 2.05) is 42.5 Å². The van der Waals surface area contributed by atoms with Crippen molar-refractivity contribution in [2.45, 2.75) is 0 Å². The monoisotopic (exact) mass is 391 g/mol. The summed E-state index contributed by atoms with van der Waals surface area (Å²) in [5, 5.41) is 0. The quantitative estimate of drug-likeness (QED) is 0.437. The molecule has 0 N–H and O–H groups in total. The normalized spacial score (nSPS) is 10.3. The summed E-state index contributed by atoms with van der Waals surface area (Å²) >= 11 is 2.19. The zero-order valence-electron chi connectivity index (χ0n) is 11.5. The van der Waals surface area contributed by atoms with Crippen LogP contribution in [0, 0.1) is 15.9 Å². The smallest absolute Gasteiger partial charge is 0.175 e. The zero-order chi connectivity index (χ0) is 15.1. The molecule has 2 aromatic rings. The van der Waals surface area contributed by atoms with E-state index in [0.717, 1.165) is 14.8 Å². The lowest BCUT2D eigenvalue weighted by Crippen LogP contribution is -2.00. The van der Waals surface area contributed by atoms with Gasteiger partial charge >= 0.3 is 0 Å². The van der Waals surface area contributed by atoms with E-state index >= 15 is 0 Å². The molecule has 2 rings (SSSR count). The topological polar surface area (TPSA) is 30.8 Å². The number of hydrogen-bond donors (Lipinski definition) is 0.